The Balaban J connectivity index is 1.96. The van der Waals surface area contributed by atoms with Crippen LogP contribution in [0.4, 0.5) is 14.5 Å². The lowest BCUT2D eigenvalue weighted by molar-refractivity contribution is -0.132. The molecule has 1 fully saturated rings. The number of benzene rings is 3. The van der Waals surface area contributed by atoms with Crippen molar-refractivity contribution in [2.45, 2.75) is 6.04 Å². The van der Waals surface area contributed by atoms with E-state index in [1.165, 1.54) is 30.3 Å². The predicted octanol–water partition coefficient (Wildman–Crippen LogP) is 5.35. The topological polar surface area (TPSA) is 57.6 Å². The molecule has 0 spiro atoms. The molecular weight excluding hydrogens is 456 g/mol. The van der Waals surface area contributed by atoms with Gasteiger partial charge in [0.1, 0.15) is 17.4 Å². The van der Waals surface area contributed by atoms with E-state index >= 15 is 0 Å². The molecule has 0 bridgehead atoms. The number of nitrogens with zero attached hydrogens (tertiary/aromatic N) is 1. The fraction of sp³-hybridized carbons (Fsp3) is 0.0435. The maximum absolute atomic E-state index is 14.7. The van der Waals surface area contributed by atoms with Gasteiger partial charge in [0, 0.05) is 21.3 Å². The van der Waals surface area contributed by atoms with Crippen molar-refractivity contribution in [3.05, 3.63) is 106 Å². The number of halogens is 3. The van der Waals surface area contributed by atoms with Crippen LogP contribution in [0.25, 0.3) is 5.76 Å². The Hall–Kier alpha value is -3.32. The Bertz CT molecular complexity index is 1170. The quantitative estimate of drug-likeness (QED) is 0.319. The predicted molar refractivity (Wildman–Crippen MR) is 112 cm³/mol. The summed E-state index contributed by atoms with van der Waals surface area (Å²) in [6, 6.07) is 15.9. The van der Waals surface area contributed by atoms with Crippen LogP contribution in [0, 0.1) is 11.6 Å². The van der Waals surface area contributed by atoms with Gasteiger partial charge in [-0.15, -0.1) is 0 Å². The van der Waals surface area contributed by atoms with Crippen molar-refractivity contribution in [2.75, 3.05) is 4.90 Å². The van der Waals surface area contributed by atoms with Gasteiger partial charge in [-0.3, -0.25) is 14.5 Å². The van der Waals surface area contributed by atoms with Crippen molar-refractivity contribution in [1.82, 2.24) is 0 Å². The summed E-state index contributed by atoms with van der Waals surface area (Å²) in [6.07, 6.45) is 0. The van der Waals surface area contributed by atoms with E-state index in [-0.39, 0.29) is 16.8 Å². The molecule has 0 aliphatic carbocycles. The Labute approximate surface area is 179 Å². The molecule has 7 heteroatoms. The molecule has 3 aromatic carbocycles. The molecule has 3 aromatic rings. The number of carbonyl (C=O) groups excluding carboxylic acids is 2. The summed E-state index contributed by atoms with van der Waals surface area (Å²) in [7, 11) is 0. The molecule has 1 atom stereocenters. The minimum Gasteiger partial charge on any atom is -0.507 e. The van der Waals surface area contributed by atoms with E-state index in [1.807, 2.05) is 0 Å². The average molecular weight is 470 g/mol. The third kappa shape index (κ3) is 3.41. The smallest absolute Gasteiger partial charge is 0.300 e. The summed E-state index contributed by atoms with van der Waals surface area (Å²) in [4.78, 5) is 26.9. The summed E-state index contributed by atoms with van der Waals surface area (Å²) in [5.41, 5.74) is 0.315. The third-order valence-corrected chi connectivity index (χ3v) is 5.40. The highest BCUT2D eigenvalue weighted by Gasteiger charge is 2.47. The molecule has 4 nitrogen and oxygen atoms in total. The van der Waals surface area contributed by atoms with Crippen LogP contribution in [-0.4, -0.2) is 16.8 Å². The van der Waals surface area contributed by atoms with Gasteiger partial charge in [-0.1, -0.05) is 46.3 Å². The van der Waals surface area contributed by atoms with Gasteiger partial charge in [-0.25, -0.2) is 8.78 Å². The zero-order chi connectivity index (χ0) is 21.4. The van der Waals surface area contributed by atoms with Crippen molar-refractivity contribution >= 4 is 39.1 Å². The van der Waals surface area contributed by atoms with Crippen LogP contribution < -0.4 is 4.90 Å². The minimum atomic E-state index is -1.21. The van der Waals surface area contributed by atoms with Crippen LogP contribution >= 0.6 is 15.9 Å². The SMILES string of the molecule is O=C1C(=O)N(c2ccc(F)cc2)C(c2ccccc2F)/C1=C(/O)c1ccc(Br)cc1. The maximum atomic E-state index is 14.7. The molecule has 0 saturated carbocycles. The van der Waals surface area contributed by atoms with Gasteiger partial charge in [0.2, 0.25) is 0 Å². The van der Waals surface area contributed by atoms with Crippen LogP contribution in [0.3, 0.4) is 0 Å². The number of aliphatic hydroxyl groups excluding tert-OH is 1. The number of aliphatic hydroxyl groups is 1. The summed E-state index contributed by atoms with van der Waals surface area (Å²) >= 11 is 3.30. The first-order valence-corrected chi connectivity index (χ1v) is 9.74. The molecule has 1 N–H and O–H groups in total. The zero-order valence-electron chi connectivity index (χ0n) is 15.4. The highest BCUT2D eigenvalue weighted by molar-refractivity contribution is 9.10. The highest BCUT2D eigenvalue weighted by atomic mass is 79.9. The molecule has 4 rings (SSSR count). The number of Topliss-reactive ketones (excluding diaryl/α,β-unsaturated/α-hetero) is 1. The lowest BCUT2D eigenvalue weighted by Gasteiger charge is -2.25. The van der Waals surface area contributed by atoms with E-state index in [0.29, 0.717) is 5.56 Å². The standard InChI is InChI=1S/C23H14BrF2NO3/c24-14-7-5-13(6-8-14)21(28)19-20(17-3-1-2-4-18(17)26)27(23(30)22(19)29)16-11-9-15(25)10-12-16/h1-12,20,28H/b21-19-. The van der Waals surface area contributed by atoms with E-state index in [9.17, 15) is 23.5 Å². The number of carbonyl (C=O) groups is 2. The van der Waals surface area contributed by atoms with Gasteiger partial charge in [-0.05, 0) is 42.5 Å². The summed E-state index contributed by atoms with van der Waals surface area (Å²) in [5.74, 6) is -3.47. The van der Waals surface area contributed by atoms with Crippen LogP contribution in [0.1, 0.15) is 17.2 Å². The summed E-state index contributed by atoms with van der Waals surface area (Å²) in [5, 5.41) is 10.9. The molecule has 1 amide bonds. The second kappa shape index (κ2) is 7.84. The average Bonchev–Trinajstić information content (AvgIpc) is 3.00. The number of rotatable bonds is 3. The zero-order valence-corrected chi connectivity index (χ0v) is 16.9. The lowest BCUT2D eigenvalue weighted by atomic mass is 9.94. The first-order valence-electron chi connectivity index (χ1n) is 8.95. The molecule has 1 unspecified atom stereocenters. The van der Waals surface area contributed by atoms with Crippen molar-refractivity contribution in [3.8, 4) is 0 Å². The third-order valence-electron chi connectivity index (χ3n) is 4.87. The Kier molecular flexibility index (Phi) is 5.22. The summed E-state index contributed by atoms with van der Waals surface area (Å²) < 4.78 is 28.9. The van der Waals surface area contributed by atoms with Crippen LogP contribution in [0.2, 0.25) is 0 Å². The Morgan fingerprint density at radius 1 is 0.900 bits per heavy atom. The fourth-order valence-electron chi connectivity index (χ4n) is 3.45. The lowest BCUT2D eigenvalue weighted by Crippen LogP contribution is -2.29. The number of hydrogen-bond acceptors (Lipinski definition) is 3. The van der Waals surface area contributed by atoms with Crippen molar-refractivity contribution < 1.29 is 23.5 Å². The Morgan fingerprint density at radius 3 is 2.17 bits per heavy atom. The monoisotopic (exact) mass is 469 g/mol. The van der Waals surface area contributed by atoms with Crippen molar-refractivity contribution in [1.29, 1.82) is 0 Å². The van der Waals surface area contributed by atoms with Crippen molar-refractivity contribution in [2.24, 2.45) is 0 Å². The molecule has 1 heterocycles. The van der Waals surface area contributed by atoms with E-state index in [0.717, 1.165) is 21.5 Å². The van der Waals surface area contributed by atoms with Crippen LogP contribution in [0.5, 0.6) is 0 Å². The number of amides is 1. The molecule has 150 valence electrons. The van der Waals surface area contributed by atoms with Gasteiger partial charge in [0.15, 0.2) is 0 Å². The van der Waals surface area contributed by atoms with Gasteiger partial charge < -0.3 is 5.11 Å². The van der Waals surface area contributed by atoms with E-state index in [4.69, 9.17) is 0 Å². The molecule has 0 radical (unpaired) electrons. The van der Waals surface area contributed by atoms with Gasteiger partial charge in [-0.2, -0.15) is 0 Å². The highest BCUT2D eigenvalue weighted by Crippen LogP contribution is 2.42. The van der Waals surface area contributed by atoms with Crippen LogP contribution in [-0.2, 0) is 9.59 Å². The largest absolute Gasteiger partial charge is 0.507 e. The number of anilines is 1. The number of hydrogen-bond donors (Lipinski definition) is 1. The van der Waals surface area contributed by atoms with Gasteiger partial charge >= 0.3 is 0 Å². The number of ketones is 1. The van der Waals surface area contributed by atoms with Gasteiger partial charge in [0.05, 0.1) is 11.6 Å². The van der Waals surface area contributed by atoms with E-state index < -0.39 is 35.1 Å². The Morgan fingerprint density at radius 2 is 1.53 bits per heavy atom. The fourth-order valence-corrected chi connectivity index (χ4v) is 3.72. The second-order valence-electron chi connectivity index (χ2n) is 6.67. The van der Waals surface area contributed by atoms with E-state index in [1.54, 1.807) is 30.3 Å². The first kappa shape index (κ1) is 20.0. The maximum Gasteiger partial charge on any atom is 0.300 e. The molecule has 1 aliphatic rings. The normalized spacial score (nSPS) is 18.1. The molecule has 0 aromatic heterocycles. The molecule has 1 aliphatic heterocycles. The van der Waals surface area contributed by atoms with Crippen LogP contribution in [0.15, 0.2) is 82.8 Å². The summed E-state index contributed by atoms with van der Waals surface area (Å²) in [6.45, 7) is 0. The van der Waals surface area contributed by atoms with Gasteiger partial charge in [0.25, 0.3) is 11.7 Å². The van der Waals surface area contributed by atoms with Crippen molar-refractivity contribution in [3.63, 3.8) is 0 Å². The molecular formula is C23H14BrF2NO3. The van der Waals surface area contributed by atoms with E-state index in [2.05, 4.69) is 15.9 Å². The molecule has 30 heavy (non-hydrogen) atoms. The molecule has 1 saturated heterocycles. The second-order valence-corrected chi connectivity index (χ2v) is 7.59. The minimum absolute atomic E-state index is 0.0414. The first-order chi connectivity index (χ1) is 14.4.